The van der Waals surface area contributed by atoms with Gasteiger partial charge in [-0.2, -0.15) is 0 Å². The van der Waals surface area contributed by atoms with E-state index >= 15 is 0 Å². The Morgan fingerprint density at radius 3 is 2.68 bits per heavy atom. The van der Waals surface area contributed by atoms with E-state index < -0.39 is 0 Å². The highest BCUT2D eigenvalue weighted by molar-refractivity contribution is 9.11. The zero-order chi connectivity index (χ0) is 15.9. The summed E-state index contributed by atoms with van der Waals surface area (Å²) in [6.07, 6.45) is 1.74. The molecule has 0 radical (unpaired) electrons. The number of halogens is 2. The minimum atomic E-state index is -0.177. The van der Waals surface area contributed by atoms with Gasteiger partial charge in [-0.15, -0.1) is 0 Å². The lowest BCUT2D eigenvalue weighted by molar-refractivity contribution is -0.110. The van der Waals surface area contributed by atoms with Crippen molar-refractivity contribution in [3.8, 4) is 11.5 Å². The normalized spacial score (nSPS) is 14.9. The van der Waals surface area contributed by atoms with Crippen LogP contribution in [0.3, 0.4) is 0 Å². The van der Waals surface area contributed by atoms with Crippen molar-refractivity contribution in [2.24, 2.45) is 0 Å². The van der Waals surface area contributed by atoms with Crippen LogP contribution in [0, 0.1) is 0 Å². The van der Waals surface area contributed by atoms with Crippen LogP contribution in [0.4, 0.5) is 5.69 Å². The molecule has 2 N–H and O–H groups in total. The summed E-state index contributed by atoms with van der Waals surface area (Å²) < 4.78 is 6.70. The minimum Gasteiger partial charge on any atom is -0.504 e. The van der Waals surface area contributed by atoms with Crippen LogP contribution in [-0.2, 0) is 4.79 Å². The number of rotatable bonds is 2. The van der Waals surface area contributed by atoms with Crippen molar-refractivity contribution in [2.45, 2.75) is 0 Å². The fraction of sp³-hybridized carbons (Fsp3) is 0.0625. The molecule has 0 fully saturated rings. The first-order valence-corrected chi connectivity index (χ1v) is 7.97. The molecule has 0 atom stereocenters. The second kappa shape index (κ2) is 5.78. The fourth-order valence-corrected chi connectivity index (χ4v) is 3.65. The Kier molecular flexibility index (Phi) is 3.97. The smallest absolute Gasteiger partial charge is 0.256 e. The van der Waals surface area contributed by atoms with Gasteiger partial charge in [0.15, 0.2) is 11.5 Å². The number of carbonyl (C=O) groups excluding carboxylic acids is 1. The number of fused-ring (bicyclic) bond motifs is 1. The SMILES string of the molecule is COc1ccc(C=C2C(=O)Nc3c(Br)cc(Br)cc32)cc1O. The molecular formula is C16H11Br2NO3. The monoisotopic (exact) mass is 423 g/mol. The molecule has 4 nitrogen and oxygen atoms in total. The van der Waals surface area contributed by atoms with E-state index in [1.54, 1.807) is 24.3 Å². The first-order chi connectivity index (χ1) is 10.5. The van der Waals surface area contributed by atoms with Crippen molar-refractivity contribution >= 4 is 55.1 Å². The quantitative estimate of drug-likeness (QED) is 0.701. The first-order valence-electron chi connectivity index (χ1n) is 6.39. The number of aromatic hydroxyl groups is 1. The molecule has 1 heterocycles. The molecule has 1 amide bonds. The Labute approximate surface area is 144 Å². The number of phenolic OH excluding ortho intramolecular Hbond substituents is 1. The maximum Gasteiger partial charge on any atom is 0.256 e. The van der Waals surface area contributed by atoms with Crippen molar-refractivity contribution in [2.75, 3.05) is 12.4 Å². The summed E-state index contributed by atoms with van der Waals surface area (Å²) in [5, 5.41) is 12.7. The van der Waals surface area contributed by atoms with Gasteiger partial charge in [0, 0.05) is 20.1 Å². The largest absolute Gasteiger partial charge is 0.504 e. The summed E-state index contributed by atoms with van der Waals surface area (Å²) in [5.41, 5.74) is 2.81. The molecule has 0 spiro atoms. The number of nitrogens with one attached hydrogen (secondary N) is 1. The molecule has 0 bridgehead atoms. The number of carbonyl (C=O) groups is 1. The van der Waals surface area contributed by atoms with E-state index in [1.807, 2.05) is 12.1 Å². The van der Waals surface area contributed by atoms with Crippen LogP contribution in [0.15, 0.2) is 39.3 Å². The number of benzene rings is 2. The van der Waals surface area contributed by atoms with Crippen LogP contribution >= 0.6 is 31.9 Å². The summed E-state index contributed by atoms with van der Waals surface area (Å²) in [6, 6.07) is 8.76. The fourth-order valence-electron chi connectivity index (χ4n) is 2.32. The lowest BCUT2D eigenvalue weighted by Crippen LogP contribution is -2.03. The summed E-state index contributed by atoms with van der Waals surface area (Å²) >= 11 is 6.87. The van der Waals surface area contributed by atoms with Gasteiger partial charge in [-0.3, -0.25) is 4.79 Å². The highest BCUT2D eigenvalue weighted by atomic mass is 79.9. The standard InChI is InChI=1S/C16H11Br2NO3/c1-22-14-3-2-8(5-13(14)20)4-11-10-6-9(17)7-12(18)15(10)19-16(11)21/h2-7,20H,1H3,(H,19,21). The molecule has 2 aromatic rings. The van der Waals surface area contributed by atoms with Crippen LogP contribution in [0.1, 0.15) is 11.1 Å². The number of ether oxygens (including phenoxy) is 1. The third-order valence-electron chi connectivity index (χ3n) is 3.34. The Morgan fingerprint density at radius 1 is 1.23 bits per heavy atom. The number of amides is 1. The Hall–Kier alpha value is -1.79. The predicted octanol–water partition coefficient (Wildman–Crippen LogP) is 4.42. The third-order valence-corrected chi connectivity index (χ3v) is 4.43. The van der Waals surface area contributed by atoms with E-state index in [4.69, 9.17) is 4.74 Å². The van der Waals surface area contributed by atoms with Crippen molar-refractivity contribution < 1.29 is 14.6 Å². The van der Waals surface area contributed by atoms with Crippen molar-refractivity contribution in [3.63, 3.8) is 0 Å². The summed E-state index contributed by atoms with van der Waals surface area (Å²) in [7, 11) is 1.49. The molecular weight excluding hydrogens is 414 g/mol. The van der Waals surface area contributed by atoms with Crippen LogP contribution in [0.5, 0.6) is 11.5 Å². The van der Waals surface area contributed by atoms with Crippen LogP contribution in [0.25, 0.3) is 11.6 Å². The molecule has 1 aliphatic rings. The molecule has 0 aliphatic carbocycles. The van der Waals surface area contributed by atoms with Crippen LogP contribution < -0.4 is 10.1 Å². The maximum atomic E-state index is 12.2. The molecule has 112 valence electrons. The second-order valence-corrected chi connectivity index (χ2v) is 6.52. The van der Waals surface area contributed by atoms with E-state index in [2.05, 4.69) is 37.2 Å². The average molecular weight is 425 g/mol. The van der Waals surface area contributed by atoms with Gasteiger partial charge in [-0.1, -0.05) is 22.0 Å². The zero-order valence-corrected chi connectivity index (χ0v) is 14.7. The van der Waals surface area contributed by atoms with Gasteiger partial charge in [0.1, 0.15) is 0 Å². The van der Waals surface area contributed by atoms with Crippen molar-refractivity contribution in [1.29, 1.82) is 0 Å². The van der Waals surface area contributed by atoms with Gasteiger partial charge in [-0.25, -0.2) is 0 Å². The van der Waals surface area contributed by atoms with E-state index in [0.29, 0.717) is 16.9 Å². The van der Waals surface area contributed by atoms with E-state index in [9.17, 15) is 9.90 Å². The molecule has 3 rings (SSSR count). The predicted molar refractivity (Wildman–Crippen MR) is 93.0 cm³/mol. The van der Waals surface area contributed by atoms with Gasteiger partial charge in [0.25, 0.3) is 5.91 Å². The van der Waals surface area contributed by atoms with E-state index in [1.165, 1.54) is 7.11 Å². The van der Waals surface area contributed by atoms with Gasteiger partial charge in [-0.05, 0) is 51.8 Å². The minimum absolute atomic E-state index is 0.0332. The number of anilines is 1. The Bertz CT molecular complexity index is 815. The Balaban J connectivity index is 2.10. The van der Waals surface area contributed by atoms with E-state index in [-0.39, 0.29) is 11.7 Å². The van der Waals surface area contributed by atoms with Crippen molar-refractivity contribution in [1.82, 2.24) is 0 Å². The zero-order valence-electron chi connectivity index (χ0n) is 11.5. The lowest BCUT2D eigenvalue weighted by Gasteiger charge is -2.05. The molecule has 6 heteroatoms. The van der Waals surface area contributed by atoms with Crippen LogP contribution in [0.2, 0.25) is 0 Å². The van der Waals surface area contributed by atoms with Gasteiger partial charge in [0.2, 0.25) is 0 Å². The average Bonchev–Trinajstić information content (AvgIpc) is 2.77. The summed E-state index contributed by atoms with van der Waals surface area (Å²) in [6.45, 7) is 0. The van der Waals surface area contributed by atoms with Crippen LogP contribution in [-0.4, -0.2) is 18.1 Å². The third kappa shape index (κ3) is 2.64. The lowest BCUT2D eigenvalue weighted by atomic mass is 10.0. The molecule has 1 aliphatic heterocycles. The maximum absolute atomic E-state index is 12.2. The molecule has 0 unspecified atom stereocenters. The van der Waals surface area contributed by atoms with E-state index in [0.717, 1.165) is 20.2 Å². The number of hydrogen-bond donors (Lipinski definition) is 2. The molecule has 22 heavy (non-hydrogen) atoms. The topological polar surface area (TPSA) is 58.6 Å². The molecule has 0 aromatic heterocycles. The number of methoxy groups -OCH3 is 1. The van der Waals surface area contributed by atoms with Gasteiger partial charge < -0.3 is 15.2 Å². The van der Waals surface area contributed by atoms with Gasteiger partial charge >= 0.3 is 0 Å². The van der Waals surface area contributed by atoms with Crippen molar-refractivity contribution in [3.05, 3.63) is 50.4 Å². The highest BCUT2D eigenvalue weighted by Gasteiger charge is 2.26. The second-order valence-electron chi connectivity index (χ2n) is 4.75. The molecule has 0 saturated carbocycles. The number of phenols is 1. The summed E-state index contributed by atoms with van der Waals surface area (Å²) in [5.74, 6) is 0.249. The molecule has 0 saturated heterocycles. The molecule has 2 aromatic carbocycles. The number of hydrogen-bond acceptors (Lipinski definition) is 3. The van der Waals surface area contributed by atoms with Gasteiger partial charge in [0.05, 0.1) is 12.8 Å². The Morgan fingerprint density at radius 2 is 2.00 bits per heavy atom. The first kappa shape index (κ1) is 15.1. The summed E-state index contributed by atoms with van der Waals surface area (Å²) in [4.78, 5) is 12.2. The highest BCUT2D eigenvalue weighted by Crippen LogP contribution is 2.40.